The third-order valence-corrected chi connectivity index (χ3v) is 3.40. The van der Waals surface area contributed by atoms with Gasteiger partial charge in [-0.3, -0.25) is 9.59 Å². The summed E-state index contributed by atoms with van der Waals surface area (Å²) in [6.45, 7) is 3.17. The van der Waals surface area contributed by atoms with Crippen LogP contribution in [0.5, 0.6) is 0 Å². The van der Waals surface area contributed by atoms with Gasteiger partial charge in [0.05, 0.1) is 12.5 Å². The fourth-order valence-corrected chi connectivity index (χ4v) is 2.12. The summed E-state index contributed by atoms with van der Waals surface area (Å²) in [6, 6.07) is 0.513. The number of likely N-dealkylation sites (tertiary alicyclic amines) is 1. The molecule has 2 atom stereocenters. The van der Waals surface area contributed by atoms with E-state index >= 15 is 0 Å². The van der Waals surface area contributed by atoms with Crippen LogP contribution in [-0.4, -0.2) is 47.6 Å². The molecule has 1 aliphatic carbocycles. The first-order valence-electron chi connectivity index (χ1n) is 5.82. The maximum absolute atomic E-state index is 11.8. The highest BCUT2D eigenvalue weighted by molar-refractivity contribution is 5.80. The minimum Gasteiger partial charge on any atom is -0.481 e. The Morgan fingerprint density at radius 1 is 1.38 bits per heavy atom. The molecule has 0 bridgehead atoms. The molecule has 2 fully saturated rings. The Morgan fingerprint density at radius 3 is 2.56 bits per heavy atom. The summed E-state index contributed by atoms with van der Waals surface area (Å²) in [5.74, 6) is -1.10. The van der Waals surface area contributed by atoms with Gasteiger partial charge in [-0.1, -0.05) is 6.92 Å². The van der Waals surface area contributed by atoms with Crippen molar-refractivity contribution >= 4 is 11.9 Å². The lowest BCUT2D eigenvalue weighted by atomic mass is 9.99. The predicted octanol–water partition coefficient (Wildman–Crippen LogP) is -0.0825. The largest absolute Gasteiger partial charge is 0.481 e. The van der Waals surface area contributed by atoms with E-state index in [1.165, 1.54) is 0 Å². The number of nitrogens with one attached hydrogen (secondary N) is 1. The summed E-state index contributed by atoms with van der Waals surface area (Å²) in [6.07, 6.45) is 2.31. The van der Waals surface area contributed by atoms with Crippen molar-refractivity contribution in [2.75, 3.05) is 19.6 Å². The second-order valence-corrected chi connectivity index (χ2v) is 4.88. The van der Waals surface area contributed by atoms with Crippen LogP contribution < -0.4 is 5.32 Å². The Bertz CT molecular complexity index is 302. The third-order valence-electron chi connectivity index (χ3n) is 3.40. The average Bonchev–Trinajstić information content (AvgIpc) is 2.96. The highest BCUT2D eigenvalue weighted by Crippen LogP contribution is 2.23. The van der Waals surface area contributed by atoms with Crippen molar-refractivity contribution in [3.63, 3.8) is 0 Å². The number of carboxylic acids is 1. The van der Waals surface area contributed by atoms with E-state index in [-0.39, 0.29) is 11.8 Å². The molecule has 2 rings (SSSR count). The molecular formula is C11H18N2O3. The molecule has 2 N–H and O–H groups in total. The zero-order chi connectivity index (χ0) is 11.7. The average molecular weight is 226 g/mol. The van der Waals surface area contributed by atoms with Gasteiger partial charge in [0.15, 0.2) is 0 Å². The molecule has 1 saturated carbocycles. The van der Waals surface area contributed by atoms with Crippen molar-refractivity contribution in [3.8, 4) is 0 Å². The molecule has 0 aromatic carbocycles. The van der Waals surface area contributed by atoms with E-state index in [4.69, 9.17) is 5.11 Å². The topological polar surface area (TPSA) is 69.6 Å². The molecule has 2 aliphatic rings. The van der Waals surface area contributed by atoms with Crippen LogP contribution >= 0.6 is 0 Å². The van der Waals surface area contributed by atoms with Gasteiger partial charge in [-0.15, -0.1) is 0 Å². The third kappa shape index (κ3) is 2.52. The van der Waals surface area contributed by atoms with Gasteiger partial charge >= 0.3 is 5.97 Å². The van der Waals surface area contributed by atoms with E-state index in [1.54, 1.807) is 4.90 Å². The highest BCUT2D eigenvalue weighted by Gasteiger charge is 2.37. The molecule has 2 unspecified atom stereocenters. The van der Waals surface area contributed by atoms with Crippen molar-refractivity contribution in [3.05, 3.63) is 0 Å². The van der Waals surface area contributed by atoms with Crippen LogP contribution in [0.15, 0.2) is 0 Å². The number of aliphatic carboxylic acids is 1. The van der Waals surface area contributed by atoms with Crippen LogP contribution in [0.1, 0.15) is 19.8 Å². The molecular weight excluding hydrogens is 208 g/mol. The number of hydrogen-bond donors (Lipinski definition) is 2. The lowest BCUT2D eigenvalue weighted by Gasteiger charge is -2.16. The molecule has 0 aromatic rings. The van der Waals surface area contributed by atoms with Crippen LogP contribution in [0.3, 0.4) is 0 Å². The van der Waals surface area contributed by atoms with E-state index in [2.05, 4.69) is 5.32 Å². The second kappa shape index (κ2) is 4.41. The number of nitrogens with zero attached hydrogens (tertiary/aromatic N) is 1. The van der Waals surface area contributed by atoms with Crippen molar-refractivity contribution in [1.82, 2.24) is 10.2 Å². The Balaban J connectivity index is 1.81. The number of amides is 1. The second-order valence-electron chi connectivity index (χ2n) is 4.88. The van der Waals surface area contributed by atoms with Gasteiger partial charge in [0, 0.05) is 19.1 Å². The summed E-state index contributed by atoms with van der Waals surface area (Å²) in [7, 11) is 0. The van der Waals surface area contributed by atoms with E-state index in [0.717, 1.165) is 12.8 Å². The number of carbonyl (C=O) groups excluding carboxylic acids is 1. The maximum Gasteiger partial charge on any atom is 0.308 e. The summed E-state index contributed by atoms with van der Waals surface area (Å²) in [5.41, 5.74) is 0. The zero-order valence-corrected chi connectivity index (χ0v) is 9.48. The Hall–Kier alpha value is -1.10. The normalized spacial score (nSPS) is 29.4. The molecule has 0 aromatic heterocycles. The van der Waals surface area contributed by atoms with Crippen molar-refractivity contribution in [1.29, 1.82) is 0 Å². The zero-order valence-electron chi connectivity index (χ0n) is 9.48. The monoisotopic (exact) mass is 226 g/mol. The first-order valence-corrected chi connectivity index (χ1v) is 5.82. The minimum absolute atomic E-state index is 0.0301. The molecule has 0 radical (unpaired) electrons. The van der Waals surface area contributed by atoms with E-state index in [0.29, 0.717) is 25.7 Å². The molecule has 1 heterocycles. The summed E-state index contributed by atoms with van der Waals surface area (Å²) >= 11 is 0. The van der Waals surface area contributed by atoms with Gasteiger partial charge in [0.25, 0.3) is 0 Å². The summed E-state index contributed by atoms with van der Waals surface area (Å²) in [5, 5.41) is 12.1. The van der Waals surface area contributed by atoms with Crippen LogP contribution in [0.4, 0.5) is 0 Å². The van der Waals surface area contributed by atoms with Gasteiger partial charge in [-0.05, 0) is 18.8 Å². The fraction of sp³-hybridized carbons (Fsp3) is 0.818. The van der Waals surface area contributed by atoms with Crippen molar-refractivity contribution in [2.24, 2.45) is 11.8 Å². The van der Waals surface area contributed by atoms with Crippen molar-refractivity contribution < 1.29 is 14.7 Å². The molecule has 1 saturated heterocycles. The van der Waals surface area contributed by atoms with Crippen molar-refractivity contribution in [2.45, 2.75) is 25.8 Å². The lowest BCUT2D eigenvalue weighted by Crippen LogP contribution is -2.38. The molecule has 16 heavy (non-hydrogen) atoms. The van der Waals surface area contributed by atoms with Gasteiger partial charge in [0.1, 0.15) is 0 Å². The lowest BCUT2D eigenvalue weighted by molar-refractivity contribution is -0.142. The Kier molecular flexibility index (Phi) is 3.14. The number of carboxylic acid groups (broad SMARTS) is 1. The van der Waals surface area contributed by atoms with E-state index in [1.807, 2.05) is 6.92 Å². The molecule has 5 heteroatoms. The quantitative estimate of drug-likeness (QED) is 0.703. The molecule has 90 valence electrons. The van der Waals surface area contributed by atoms with Crippen LogP contribution in [-0.2, 0) is 9.59 Å². The number of hydrogen-bond acceptors (Lipinski definition) is 3. The fourth-order valence-electron chi connectivity index (χ4n) is 2.12. The van der Waals surface area contributed by atoms with E-state index in [9.17, 15) is 9.59 Å². The maximum atomic E-state index is 11.8. The molecule has 1 aliphatic heterocycles. The minimum atomic E-state index is -0.794. The molecule has 0 spiro atoms. The Labute approximate surface area is 94.8 Å². The first kappa shape index (κ1) is 11.4. The molecule has 5 nitrogen and oxygen atoms in total. The van der Waals surface area contributed by atoms with Gasteiger partial charge in [-0.2, -0.15) is 0 Å². The number of carbonyl (C=O) groups is 2. The van der Waals surface area contributed by atoms with Crippen LogP contribution in [0.2, 0.25) is 0 Å². The number of rotatable bonds is 4. The Morgan fingerprint density at radius 2 is 2.06 bits per heavy atom. The van der Waals surface area contributed by atoms with Gasteiger partial charge < -0.3 is 15.3 Å². The summed E-state index contributed by atoms with van der Waals surface area (Å²) < 4.78 is 0. The van der Waals surface area contributed by atoms with E-state index < -0.39 is 11.9 Å². The summed E-state index contributed by atoms with van der Waals surface area (Å²) in [4.78, 5) is 24.3. The van der Waals surface area contributed by atoms with Crippen LogP contribution in [0, 0.1) is 11.8 Å². The smallest absolute Gasteiger partial charge is 0.308 e. The SMILES string of the molecule is CC1CN(C(=O)CNC2CC2)CC1C(=O)O. The van der Waals surface area contributed by atoms with Gasteiger partial charge in [-0.25, -0.2) is 0 Å². The highest BCUT2D eigenvalue weighted by atomic mass is 16.4. The standard InChI is InChI=1S/C11H18N2O3/c1-7-5-13(6-9(7)11(15)16)10(14)4-12-8-2-3-8/h7-9,12H,2-6H2,1H3,(H,15,16). The predicted molar refractivity (Wildman–Crippen MR) is 57.9 cm³/mol. The van der Waals surface area contributed by atoms with Crippen LogP contribution in [0.25, 0.3) is 0 Å². The van der Waals surface area contributed by atoms with Gasteiger partial charge in [0.2, 0.25) is 5.91 Å². The first-order chi connectivity index (χ1) is 7.58. The molecule has 1 amide bonds.